The van der Waals surface area contributed by atoms with E-state index in [4.69, 9.17) is 0 Å². The van der Waals surface area contributed by atoms with E-state index in [2.05, 4.69) is 20.8 Å². The van der Waals surface area contributed by atoms with Crippen LogP contribution < -0.4 is 10.6 Å². The number of carbonyl (C=O) groups is 2. The first-order chi connectivity index (χ1) is 15.5. The lowest BCUT2D eigenvalue weighted by Crippen LogP contribution is -2.40. The summed E-state index contributed by atoms with van der Waals surface area (Å²) in [5.41, 5.74) is 2.67. The van der Waals surface area contributed by atoms with Gasteiger partial charge in [-0.15, -0.1) is 10.2 Å². The summed E-state index contributed by atoms with van der Waals surface area (Å²) in [5, 5.41) is 15.1. The van der Waals surface area contributed by atoms with Crippen molar-refractivity contribution in [3.05, 3.63) is 64.7 Å². The SMILES string of the molecule is Cc1nnc(Sc2ccc(NC(=O)N[C@H](CN3CCCC3=O)c3ccccc3)c(C)c2)s1. The van der Waals surface area contributed by atoms with Crippen LogP contribution in [0.2, 0.25) is 0 Å². The van der Waals surface area contributed by atoms with Crippen LogP contribution in [0.4, 0.5) is 10.5 Å². The van der Waals surface area contributed by atoms with Gasteiger partial charge in [-0.2, -0.15) is 0 Å². The van der Waals surface area contributed by atoms with Crippen LogP contribution in [0, 0.1) is 13.8 Å². The third-order valence-electron chi connectivity index (χ3n) is 5.24. The van der Waals surface area contributed by atoms with Crippen molar-refractivity contribution in [2.45, 2.75) is 42.0 Å². The van der Waals surface area contributed by atoms with Crippen LogP contribution >= 0.6 is 23.1 Å². The van der Waals surface area contributed by atoms with Crippen LogP contribution in [0.3, 0.4) is 0 Å². The van der Waals surface area contributed by atoms with Gasteiger partial charge in [-0.05, 0) is 49.6 Å². The zero-order chi connectivity index (χ0) is 22.5. The Morgan fingerprint density at radius 2 is 2.00 bits per heavy atom. The maximum atomic E-state index is 12.8. The third-order valence-corrected chi connectivity index (χ3v) is 7.12. The van der Waals surface area contributed by atoms with E-state index in [9.17, 15) is 9.59 Å². The number of carbonyl (C=O) groups excluding carboxylic acids is 2. The van der Waals surface area contributed by atoms with Gasteiger partial charge in [0.1, 0.15) is 5.01 Å². The van der Waals surface area contributed by atoms with Crippen molar-refractivity contribution in [3.8, 4) is 0 Å². The lowest BCUT2D eigenvalue weighted by Gasteiger charge is -2.25. The highest BCUT2D eigenvalue weighted by molar-refractivity contribution is 8.01. The van der Waals surface area contributed by atoms with Gasteiger partial charge in [-0.25, -0.2) is 4.79 Å². The Bertz CT molecular complexity index is 1100. The van der Waals surface area contributed by atoms with Gasteiger partial charge in [-0.3, -0.25) is 4.79 Å². The summed E-state index contributed by atoms with van der Waals surface area (Å²) in [6, 6.07) is 15.1. The largest absolute Gasteiger partial charge is 0.340 e. The number of anilines is 1. The van der Waals surface area contributed by atoms with E-state index in [1.807, 2.05) is 67.3 Å². The number of nitrogens with one attached hydrogen (secondary N) is 2. The summed E-state index contributed by atoms with van der Waals surface area (Å²) < 4.78 is 0.891. The molecule has 3 aromatic rings. The van der Waals surface area contributed by atoms with Crippen LogP contribution in [-0.2, 0) is 4.79 Å². The predicted octanol–water partition coefficient (Wildman–Crippen LogP) is 4.79. The minimum atomic E-state index is -0.297. The topological polar surface area (TPSA) is 87.2 Å². The first kappa shape index (κ1) is 22.3. The zero-order valence-electron chi connectivity index (χ0n) is 18.0. The molecular weight excluding hydrogens is 442 g/mol. The predicted molar refractivity (Wildman–Crippen MR) is 127 cm³/mol. The lowest BCUT2D eigenvalue weighted by atomic mass is 10.1. The molecule has 1 fully saturated rings. The molecule has 0 aliphatic carbocycles. The van der Waals surface area contributed by atoms with Crippen molar-refractivity contribution in [3.63, 3.8) is 0 Å². The molecule has 0 radical (unpaired) electrons. The first-order valence-corrected chi connectivity index (χ1v) is 12.1. The molecule has 1 aliphatic rings. The number of aryl methyl sites for hydroxylation is 2. The standard InChI is InChI=1S/C23H25N5O2S2/c1-15-13-18(32-23-27-26-16(2)31-23)10-11-19(15)24-22(30)25-20(17-7-4-3-5-8-17)14-28-12-6-9-21(28)29/h3-5,7-8,10-11,13,20H,6,9,12,14H2,1-2H3,(H2,24,25,30)/t20-/m1/s1. The van der Waals surface area contributed by atoms with E-state index in [-0.39, 0.29) is 18.0 Å². The Hall–Kier alpha value is -2.91. The van der Waals surface area contributed by atoms with E-state index in [0.29, 0.717) is 13.0 Å². The molecule has 32 heavy (non-hydrogen) atoms. The van der Waals surface area contributed by atoms with Gasteiger partial charge in [0, 0.05) is 30.1 Å². The number of nitrogens with zero attached hydrogens (tertiary/aromatic N) is 3. The van der Waals surface area contributed by atoms with E-state index < -0.39 is 0 Å². The molecule has 0 spiro atoms. The molecule has 1 aliphatic heterocycles. The molecule has 0 unspecified atom stereocenters. The van der Waals surface area contributed by atoms with Gasteiger partial charge in [0.25, 0.3) is 0 Å². The minimum absolute atomic E-state index is 0.141. The molecule has 9 heteroatoms. The molecule has 4 rings (SSSR count). The number of rotatable bonds is 7. The Balaban J connectivity index is 1.42. The normalized spacial score (nSPS) is 14.4. The number of urea groups is 1. The van der Waals surface area contributed by atoms with E-state index in [0.717, 1.165) is 44.0 Å². The first-order valence-electron chi connectivity index (χ1n) is 10.5. The van der Waals surface area contributed by atoms with Crippen LogP contribution in [0.5, 0.6) is 0 Å². The Kier molecular flexibility index (Phi) is 7.06. The second kappa shape index (κ2) is 10.1. The van der Waals surface area contributed by atoms with Crippen molar-refractivity contribution in [1.82, 2.24) is 20.4 Å². The molecule has 2 heterocycles. The summed E-state index contributed by atoms with van der Waals surface area (Å²) in [6.45, 7) is 5.09. The Morgan fingerprint density at radius 3 is 2.66 bits per heavy atom. The smallest absolute Gasteiger partial charge is 0.319 e. The molecule has 1 atom stereocenters. The highest BCUT2D eigenvalue weighted by atomic mass is 32.2. The number of benzene rings is 2. The summed E-state index contributed by atoms with van der Waals surface area (Å²) in [7, 11) is 0. The minimum Gasteiger partial charge on any atom is -0.340 e. The maximum Gasteiger partial charge on any atom is 0.319 e. The molecule has 0 saturated carbocycles. The highest BCUT2D eigenvalue weighted by Gasteiger charge is 2.25. The van der Waals surface area contributed by atoms with Crippen molar-refractivity contribution in [2.24, 2.45) is 0 Å². The van der Waals surface area contributed by atoms with Crippen LogP contribution in [0.15, 0.2) is 57.8 Å². The van der Waals surface area contributed by atoms with E-state index in [1.54, 1.807) is 23.1 Å². The molecule has 1 aromatic heterocycles. The molecule has 0 bridgehead atoms. The third kappa shape index (κ3) is 5.66. The second-order valence-corrected chi connectivity index (χ2v) is 10.2. The van der Waals surface area contributed by atoms with Crippen molar-refractivity contribution in [2.75, 3.05) is 18.4 Å². The fourth-order valence-corrected chi connectivity index (χ4v) is 5.50. The van der Waals surface area contributed by atoms with Crippen molar-refractivity contribution in [1.29, 1.82) is 0 Å². The van der Waals surface area contributed by atoms with Crippen LogP contribution in [0.1, 0.15) is 35.0 Å². The number of hydrogen-bond acceptors (Lipinski definition) is 6. The van der Waals surface area contributed by atoms with Crippen LogP contribution in [0.25, 0.3) is 0 Å². The van der Waals surface area contributed by atoms with E-state index in [1.165, 1.54) is 0 Å². The number of aromatic nitrogens is 2. The van der Waals surface area contributed by atoms with Crippen LogP contribution in [-0.4, -0.2) is 40.1 Å². The average Bonchev–Trinajstić information content (AvgIpc) is 3.37. The molecule has 166 valence electrons. The second-order valence-electron chi connectivity index (χ2n) is 7.67. The lowest BCUT2D eigenvalue weighted by molar-refractivity contribution is -0.128. The van der Waals surface area contributed by atoms with Gasteiger partial charge < -0.3 is 15.5 Å². The Morgan fingerprint density at radius 1 is 1.19 bits per heavy atom. The van der Waals surface area contributed by atoms with Gasteiger partial charge in [-0.1, -0.05) is 53.4 Å². The molecule has 3 amide bonds. The summed E-state index contributed by atoms with van der Waals surface area (Å²) in [4.78, 5) is 27.8. The van der Waals surface area contributed by atoms with Gasteiger partial charge in [0.05, 0.1) is 6.04 Å². The number of amides is 3. The molecular formula is C23H25N5O2S2. The quantitative estimate of drug-likeness (QED) is 0.522. The van der Waals surface area contributed by atoms with Gasteiger partial charge in [0.15, 0.2) is 4.34 Å². The zero-order valence-corrected chi connectivity index (χ0v) is 19.6. The maximum absolute atomic E-state index is 12.8. The fourth-order valence-electron chi connectivity index (χ4n) is 3.61. The molecule has 2 N–H and O–H groups in total. The monoisotopic (exact) mass is 467 g/mol. The summed E-state index contributed by atoms with van der Waals surface area (Å²) in [5.74, 6) is 0.141. The van der Waals surface area contributed by atoms with Gasteiger partial charge >= 0.3 is 6.03 Å². The number of hydrogen-bond donors (Lipinski definition) is 2. The van der Waals surface area contributed by atoms with Gasteiger partial charge in [0.2, 0.25) is 5.91 Å². The number of likely N-dealkylation sites (tertiary alicyclic amines) is 1. The van der Waals surface area contributed by atoms with Crippen molar-refractivity contribution < 1.29 is 9.59 Å². The average molecular weight is 468 g/mol. The Labute approximate surface area is 195 Å². The molecule has 7 nitrogen and oxygen atoms in total. The fraction of sp³-hybridized carbons (Fsp3) is 0.304. The summed E-state index contributed by atoms with van der Waals surface area (Å²) in [6.07, 6.45) is 1.45. The molecule has 1 saturated heterocycles. The van der Waals surface area contributed by atoms with E-state index >= 15 is 0 Å². The van der Waals surface area contributed by atoms with Crippen molar-refractivity contribution >= 4 is 40.7 Å². The summed E-state index contributed by atoms with van der Waals surface area (Å²) >= 11 is 3.11. The highest BCUT2D eigenvalue weighted by Crippen LogP contribution is 2.32. The molecule has 2 aromatic carbocycles.